The lowest BCUT2D eigenvalue weighted by Crippen LogP contribution is -2.34. The first-order valence-corrected chi connectivity index (χ1v) is 9.23. The van der Waals surface area contributed by atoms with Crippen LogP contribution in [0.3, 0.4) is 0 Å². The number of alkyl halides is 3. The number of hydrogen-bond acceptors (Lipinski definition) is 2. The second kappa shape index (κ2) is 8.57. The summed E-state index contributed by atoms with van der Waals surface area (Å²) in [6.07, 6.45) is 1.43. The largest absolute Gasteiger partial charge is 0.416 e. The number of aryl methyl sites for hydroxylation is 1. The number of amides is 1. The summed E-state index contributed by atoms with van der Waals surface area (Å²) >= 11 is 0. The van der Waals surface area contributed by atoms with Crippen molar-refractivity contribution in [1.29, 1.82) is 0 Å². The van der Waals surface area contributed by atoms with Gasteiger partial charge in [0.05, 0.1) is 5.56 Å². The minimum atomic E-state index is -4.40. The first-order chi connectivity index (χ1) is 12.9. The molecule has 1 aliphatic rings. The highest BCUT2D eigenvalue weighted by Crippen LogP contribution is 2.29. The molecule has 0 spiro atoms. The van der Waals surface area contributed by atoms with Gasteiger partial charge in [0.1, 0.15) is 0 Å². The lowest BCUT2D eigenvalue weighted by Gasteiger charge is -2.23. The summed E-state index contributed by atoms with van der Waals surface area (Å²) in [5.74, 6) is -0.428. The lowest BCUT2D eigenvalue weighted by molar-refractivity contribution is -0.137. The molecule has 1 fully saturated rings. The third-order valence-corrected chi connectivity index (χ3v) is 4.88. The normalized spacial score (nSPS) is 17.5. The minimum Gasteiger partial charge on any atom is -0.322 e. The number of carbonyl (C=O) groups excluding carboxylic acids is 1. The molecule has 0 aliphatic carbocycles. The molecule has 1 atom stereocenters. The Balaban J connectivity index is 1.53. The van der Waals surface area contributed by atoms with Crippen molar-refractivity contribution in [3.8, 4) is 0 Å². The summed E-state index contributed by atoms with van der Waals surface area (Å²) in [7, 11) is 0. The van der Waals surface area contributed by atoms with Crippen molar-refractivity contribution >= 4 is 11.6 Å². The van der Waals surface area contributed by atoms with Gasteiger partial charge in [0, 0.05) is 17.3 Å². The number of nitrogens with one attached hydrogen (secondary N) is 2. The number of halogens is 3. The zero-order valence-electron chi connectivity index (χ0n) is 15.0. The van der Waals surface area contributed by atoms with Crippen LogP contribution >= 0.6 is 0 Å². The third-order valence-electron chi connectivity index (χ3n) is 4.88. The number of carbonyl (C=O) groups is 1. The van der Waals surface area contributed by atoms with E-state index >= 15 is 0 Å². The van der Waals surface area contributed by atoms with Crippen LogP contribution in [0.1, 0.15) is 47.2 Å². The van der Waals surface area contributed by atoms with Gasteiger partial charge in [0.25, 0.3) is 5.91 Å². The first kappa shape index (κ1) is 19.4. The number of anilines is 1. The molecule has 1 aliphatic heterocycles. The highest BCUT2D eigenvalue weighted by molar-refractivity contribution is 6.04. The van der Waals surface area contributed by atoms with Gasteiger partial charge in [-0.3, -0.25) is 4.79 Å². The molecule has 3 rings (SSSR count). The molecule has 1 heterocycles. The van der Waals surface area contributed by atoms with Gasteiger partial charge in [-0.05, 0) is 74.2 Å². The lowest BCUT2D eigenvalue weighted by atomic mass is 9.98. The zero-order chi connectivity index (χ0) is 19.3. The molecular weight excluding hydrogens is 353 g/mol. The van der Waals surface area contributed by atoms with Crippen LogP contribution in [0.5, 0.6) is 0 Å². The van der Waals surface area contributed by atoms with Crippen molar-refractivity contribution in [3.63, 3.8) is 0 Å². The predicted molar refractivity (Wildman–Crippen MR) is 99.8 cm³/mol. The Bertz CT molecular complexity index is 748. The fourth-order valence-electron chi connectivity index (χ4n) is 3.28. The topological polar surface area (TPSA) is 41.1 Å². The molecule has 0 bridgehead atoms. The third kappa shape index (κ3) is 5.57. The van der Waals surface area contributed by atoms with E-state index in [9.17, 15) is 18.0 Å². The summed E-state index contributed by atoms with van der Waals surface area (Å²) in [6, 6.07) is 12.4. The predicted octanol–water partition coefficient (Wildman–Crippen LogP) is 5.03. The SMILES string of the molecule is O=C(Nc1ccc(CCC2CCCCN2)cc1)c1ccc(C(F)(F)F)cc1. The number of benzene rings is 2. The van der Waals surface area contributed by atoms with Gasteiger partial charge in [-0.15, -0.1) is 0 Å². The Hall–Kier alpha value is -2.34. The molecule has 6 heteroatoms. The van der Waals surface area contributed by atoms with Crippen LogP contribution in [-0.2, 0) is 12.6 Å². The van der Waals surface area contributed by atoms with Gasteiger partial charge in [0.15, 0.2) is 0 Å². The Morgan fingerprint density at radius 3 is 2.33 bits per heavy atom. The molecule has 0 aromatic heterocycles. The Labute approximate surface area is 157 Å². The van der Waals surface area contributed by atoms with Gasteiger partial charge in [0.2, 0.25) is 0 Å². The fourth-order valence-corrected chi connectivity index (χ4v) is 3.28. The molecule has 3 nitrogen and oxygen atoms in total. The molecule has 1 saturated heterocycles. The minimum absolute atomic E-state index is 0.190. The maximum absolute atomic E-state index is 12.6. The smallest absolute Gasteiger partial charge is 0.322 e. The van der Waals surface area contributed by atoms with Crippen molar-refractivity contribution in [2.75, 3.05) is 11.9 Å². The summed E-state index contributed by atoms with van der Waals surface area (Å²) in [5.41, 5.74) is 1.25. The monoisotopic (exact) mass is 376 g/mol. The van der Waals surface area contributed by atoms with Crippen LogP contribution in [0.2, 0.25) is 0 Å². The van der Waals surface area contributed by atoms with E-state index in [0.29, 0.717) is 11.7 Å². The molecule has 2 aromatic rings. The molecular formula is C21H23F3N2O. The van der Waals surface area contributed by atoms with Crippen LogP contribution in [0.15, 0.2) is 48.5 Å². The highest BCUT2D eigenvalue weighted by Gasteiger charge is 2.30. The average Bonchev–Trinajstić information content (AvgIpc) is 2.68. The molecule has 2 aromatic carbocycles. The Morgan fingerprint density at radius 2 is 1.74 bits per heavy atom. The summed E-state index contributed by atoms with van der Waals surface area (Å²) in [6.45, 7) is 1.10. The second-order valence-corrected chi connectivity index (χ2v) is 6.91. The zero-order valence-corrected chi connectivity index (χ0v) is 15.0. The number of hydrogen-bond donors (Lipinski definition) is 2. The van der Waals surface area contributed by atoms with Crippen molar-refractivity contribution in [1.82, 2.24) is 5.32 Å². The summed E-state index contributed by atoms with van der Waals surface area (Å²) < 4.78 is 37.7. The van der Waals surface area contributed by atoms with Crippen LogP contribution in [-0.4, -0.2) is 18.5 Å². The van der Waals surface area contributed by atoms with Crippen molar-refractivity contribution < 1.29 is 18.0 Å². The molecule has 144 valence electrons. The molecule has 0 saturated carbocycles. The van der Waals surface area contributed by atoms with E-state index in [4.69, 9.17) is 0 Å². The number of rotatable bonds is 5. The van der Waals surface area contributed by atoms with E-state index in [1.54, 1.807) is 0 Å². The van der Waals surface area contributed by atoms with E-state index in [1.807, 2.05) is 24.3 Å². The molecule has 1 amide bonds. The number of piperidine rings is 1. The Kier molecular flexibility index (Phi) is 6.16. The van der Waals surface area contributed by atoms with Crippen LogP contribution in [0.25, 0.3) is 0 Å². The van der Waals surface area contributed by atoms with E-state index in [0.717, 1.165) is 31.5 Å². The molecule has 0 radical (unpaired) electrons. The van der Waals surface area contributed by atoms with Gasteiger partial charge >= 0.3 is 6.18 Å². The maximum atomic E-state index is 12.6. The van der Waals surface area contributed by atoms with Crippen molar-refractivity contribution in [2.45, 2.75) is 44.3 Å². The van der Waals surface area contributed by atoms with E-state index < -0.39 is 17.6 Å². The molecule has 1 unspecified atom stereocenters. The fraction of sp³-hybridized carbons (Fsp3) is 0.381. The first-order valence-electron chi connectivity index (χ1n) is 9.23. The quantitative estimate of drug-likeness (QED) is 0.768. The van der Waals surface area contributed by atoms with Gasteiger partial charge in [-0.2, -0.15) is 13.2 Å². The summed E-state index contributed by atoms with van der Waals surface area (Å²) in [5, 5.41) is 6.25. The Morgan fingerprint density at radius 1 is 1.04 bits per heavy atom. The van der Waals surface area contributed by atoms with Crippen LogP contribution in [0, 0.1) is 0 Å². The molecule has 2 N–H and O–H groups in total. The molecule has 27 heavy (non-hydrogen) atoms. The van der Waals surface area contributed by atoms with E-state index in [2.05, 4.69) is 10.6 Å². The van der Waals surface area contributed by atoms with Gasteiger partial charge < -0.3 is 10.6 Å². The van der Waals surface area contributed by atoms with E-state index in [-0.39, 0.29) is 5.56 Å². The van der Waals surface area contributed by atoms with Crippen LogP contribution in [0.4, 0.5) is 18.9 Å². The van der Waals surface area contributed by atoms with Crippen LogP contribution < -0.4 is 10.6 Å². The van der Waals surface area contributed by atoms with Gasteiger partial charge in [-0.25, -0.2) is 0 Å². The maximum Gasteiger partial charge on any atom is 0.416 e. The van der Waals surface area contributed by atoms with Crippen molar-refractivity contribution in [3.05, 3.63) is 65.2 Å². The highest BCUT2D eigenvalue weighted by atomic mass is 19.4. The second-order valence-electron chi connectivity index (χ2n) is 6.91. The van der Waals surface area contributed by atoms with Gasteiger partial charge in [-0.1, -0.05) is 18.6 Å². The van der Waals surface area contributed by atoms with Crippen molar-refractivity contribution in [2.24, 2.45) is 0 Å². The average molecular weight is 376 g/mol. The standard InChI is InChI=1S/C21H23F3N2O/c22-21(23,24)17-9-7-16(8-10-17)20(27)26-19-12-5-15(6-13-19)4-11-18-3-1-2-14-25-18/h5-10,12-13,18,25H,1-4,11,14H2,(H,26,27). The van der Waals surface area contributed by atoms with E-state index in [1.165, 1.54) is 37.0 Å². The summed E-state index contributed by atoms with van der Waals surface area (Å²) in [4.78, 5) is 12.2.